The average Bonchev–Trinajstić information content (AvgIpc) is 2.51. The molecule has 2 aromatic carbocycles. The number of halogens is 1. The summed E-state index contributed by atoms with van der Waals surface area (Å²) < 4.78 is 19.0. The van der Waals surface area contributed by atoms with E-state index in [-0.39, 0.29) is 11.7 Å². The second kappa shape index (κ2) is 5.77. The normalized spacial score (nSPS) is 17.1. The molecule has 0 fully saturated rings. The van der Waals surface area contributed by atoms with Crippen molar-refractivity contribution in [2.24, 2.45) is 5.73 Å². The number of nitrogens with two attached hydrogens (primary N) is 1. The van der Waals surface area contributed by atoms with Gasteiger partial charge < -0.3 is 15.4 Å². The van der Waals surface area contributed by atoms with Crippen LogP contribution in [-0.4, -0.2) is 12.0 Å². The number of carbonyl (C=O) groups is 1. The number of rotatable bonds is 3. The third-order valence-electron chi connectivity index (χ3n) is 3.70. The first-order chi connectivity index (χ1) is 10.6. The predicted octanol–water partition coefficient (Wildman–Crippen LogP) is 2.60. The zero-order valence-electron chi connectivity index (χ0n) is 12.3. The predicted molar refractivity (Wildman–Crippen MR) is 82.0 cm³/mol. The summed E-state index contributed by atoms with van der Waals surface area (Å²) in [5.74, 6) is 0.175. The lowest BCUT2D eigenvalue weighted by Gasteiger charge is -2.33. The summed E-state index contributed by atoms with van der Waals surface area (Å²) in [6.45, 7) is 2.39. The number of fused-ring (bicyclic) bond motifs is 1. The van der Waals surface area contributed by atoms with E-state index in [1.54, 1.807) is 24.0 Å². The molecule has 0 radical (unpaired) electrons. The molecule has 0 aliphatic carbocycles. The van der Waals surface area contributed by atoms with Crippen LogP contribution in [0, 0.1) is 5.82 Å². The summed E-state index contributed by atoms with van der Waals surface area (Å²) in [6, 6.07) is 11.8. The van der Waals surface area contributed by atoms with E-state index in [1.165, 1.54) is 12.1 Å². The summed E-state index contributed by atoms with van der Waals surface area (Å²) in [6.07, 6.45) is -0.565. The van der Waals surface area contributed by atoms with Crippen LogP contribution in [0.15, 0.2) is 42.5 Å². The van der Waals surface area contributed by atoms with Gasteiger partial charge in [-0.2, -0.15) is 0 Å². The van der Waals surface area contributed by atoms with Crippen LogP contribution in [0.2, 0.25) is 0 Å². The Morgan fingerprint density at radius 2 is 2.05 bits per heavy atom. The molecular formula is C17H17FN2O2. The Labute approximate surface area is 128 Å². The number of hydrogen-bond acceptors (Lipinski definition) is 3. The molecule has 1 unspecified atom stereocenters. The third-order valence-corrected chi connectivity index (χ3v) is 3.70. The summed E-state index contributed by atoms with van der Waals surface area (Å²) in [4.78, 5) is 14.1. The first kappa shape index (κ1) is 14.5. The Balaban J connectivity index is 2.00. The first-order valence-electron chi connectivity index (χ1n) is 7.14. The Morgan fingerprint density at radius 3 is 2.77 bits per heavy atom. The van der Waals surface area contributed by atoms with Crippen molar-refractivity contribution in [1.82, 2.24) is 0 Å². The van der Waals surface area contributed by atoms with Crippen LogP contribution >= 0.6 is 0 Å². The molecule has 1 aliphatic rings. The number of ether oxygens (including phenoxy) is 1. The van der Waals surface area contributed by atoms with Gasteiger partial charge in [-0.15, -0.1) is 0 Å². The highest BCUT2D eigenvalue weighted by Crippen LogP contribution is 2.35. The highest BCUT2D eigenvalue weighted by atomic mass is 19.1. The number of hydrogen-bond donors (Lipinski definition) is 1. The Hall–Kier alpha value is -2.40. The van der Waals surface area contributed by atoms with E-state index in [4.69, 9.17) is 10.5 Å². The van der Waals surface area contributed by atoms with Crippen LogP contribution in [0.25, 0.3) is 0 Å². The molecule has 3 rings (SSSR count). The summed E-state index contributed by atoms with van der Waals surface area (Å²) in [7, 11) is 0. The monoisotopic (exact) mass is 300 g/mol. The van der Waals surface area contributed by atoms with Gasteiger partial charge in [0, 0.05) is 6.54 Å². The fourth-order valence-corrected chi connectivity index (χ4v) is 2.56. The van der Waals surface area contributed by atoms with Crippen molar-refractivity contribution in [2.45, 2.75) is 26.1 Å². The van der Waals surface area contributed by atoms with Gasteiger partial charge in [0.25, 0.3) is 5.91 Å². The zero-order valence-corrected chi connectivity index (χ0v) is 12.3. The maximum Gasteiger partial charge on any atom is 0.268 e. The Kier molecular flexibility index (Phi) is 3.81. The zero-order chi connectivity index (χ0) is 15.7. The van der Waals surface area contributed by atoms with Crippen molar-refractivity contribution in [3.63, 3.8) is 0 Å². The number of nitrogens with zero attached hydrogens (tertiary/aromatic N) is 1. The summed E-state index contributed by atoms with van der Waals surface area (Å²) in [5, 5.41) is 0. The quantitative estimate of drug-likeness (QED) is 0.948. The van der Waals surface area contributed by atoms with Crippen LogP contribution < -0.4 is 15.4 Å². The minimum atomic E-state index is -0.565. The molecule has 22 heavy (non-hydrogen) atoms. The molecule has 4 nitrogen and oxygen atoms in total. The van der Waals surface area contributed by atoms with Gasteiger partial charge in [0.15, 0.2) is 6.10 Å². The summed E-state index contributed by atoms with van der Waals surface area (Å²) >= 11 is 0. The molecule has 2 aromatic rings. The van der Waals surface area contributed by atoms with Crippen molar-refractivity contribution in [2.75, 3.05) is 4.90 Å². The van der Waals surface area contributed by atoms with Crippen LogP contribution in [0.5, 0.6) is 5.75 Å². The molecule has 1 heterocycles. The van der Waals surface area contributed by atoms with Crippen molar-refractivity contribution in [3.05, 3.63) is 59.4 Å². The molecule has 0 saturated heterocycles. The number of anilines is 1. The van der Waals surface area contributed by atoms with Gasteiger partial charge in [0.2, 0.25) is 0 Å². The van der Waals surface area contributed by atoms with E-state index >= 15 is 0 Å². The topological polar surface area (TPSA) is 55.6 Å². The van der Waals surface area contributed by atoms with Gasteiger partial charge in [-0.05, 0) is 42.3 Å². The number of carbonyl (C=O) groups excluding carboxylic acids is 1. The van der Waals surface area contributed by atoms with Crippen LogP contribution in [-0.2, 0) is 17.9 Å². The van der Waals surface area contributed by atoms with Crippen LogP contribution in [0.4, 0.5) is 10.1 Å². The molecule has 5 heteroatoms. The van der Waals surface area contributed by atoms with Gasteiger partial charge in [0.05, 0.1) is 12.2 Å². The molecule has 0 spiro atoms. The SMILES string of the molecule is CC1Oc2ccc(CN)cc2N(Cc2cccc(F)c2)C1=O. The van der Waals surface area contributed by atoms with E-state index in [1.807, 2.05) is 18.2 Å². The van der Waals surface area contributed by atoms with Gasteiger partial charge in [-0.25, -0.2) is 4.39 Å². The Morgan fingerprint density at radius 1 is 1.23 bits per heavy atom. The lowest BCUT2D eigenvalue weighted by Crippen LogP contribution is -2.44. The first-order valence-corrected chi connectivity index (χ1v) is 7.14. The molecule has 2 N–H and O–H groups in total. The van der Waals surface area contributed by atoms with Crippen molar-refractivity contribution in [1.29, 1.82) is 0 Å². The second-order valence-corrected chi connectivity index (χ2v) is 5.32. The maximum absolute atomic E-state index is 13.4. The summed E-state index contributed by atoms with van der Waals surface area (Å²) in [5.41, 5.74) is 7.98. The highest BCUT2D eigenvalue weighted by molar-refractivity contribution is 5.99. The van der Waals surface area contributed by atoms with Crippen LogP contribution in [0.3, 0.4) is 0 Å². The largest absolute Gasteiger partial charge is 0.479 e. The molecule has 1 amide bonds. The number of benzene rings is 2. The van der Waals surface area contributed by atoms with Crippen molar-refractivity contribution >= 4 is 11.6 Å². The fourth-order valence-electron chi connectivity index (χ4n) is 2.56. The lowest BCUT2D eigenvalue weighted by atomic mass is 10.1. The molecule has 0 bridgehead atoms. The van der Waals surface area contributed by atoms with E-state index in [0.717, 1.165) is 11.1 Å². The molecule has 1 aliphatic heterocycles. The minimum absolute atomic E-state index is 0.147. The molecule has 0 saturated carbocycles. The average molecular weight is 300 g/mol. The van der Waals surface area contributed by atoms with Crippen LogP contribution in [0.1, 0.15) is 18.1 Å². The standard InChI is InChI=1S/C17H17FN2O2/c1-11-17(21)20(10-13-3-2-4-14(18)7-13)15-8-12(9-19)5-6-16(15)22-11/h2-8,11H,9-10,19H2,1H3. The van der Waals surface area contributed by atoms with Gasteiger partial charge in [-0.1, -0.05) is 18.2 Å². The van der Waals surface area contributed by atoms with Gasteiger partial charge >= 0.3 is 0 Å². The molecule has 114 valence electrons. The molecule has 0 aromatic heterocycles. The van der Waals surface area contributed by atoms with Gasteiger partial charge in [-0.3, -0.25) is 4.79 Å². The molecule has 1 atom stereocenters. The smallest absolute Gasteiger partial charge is 0.268 e. The second-order valence-electron chi connectivity index (χ2n) is 5.32. The molecular weight excluding hydrogens is 283 g/mol. The van der Waals surface area contributed by atoms with E-state index in [0.29, 0.717) is 24.5 Å². The van der Waals surface area contributed by atoms with Gasteiger partial charge in [0.1, 0.15) is 11.6 Å². The lowest BCUT2D eigenvalue weighted by molar-refractivity contribution is -0.125. The highest BCUT2D eigenvalue weighted by Gasteiger charge is 2.31. The van der Waals surface area contributed by atoms with E-state index < -0.39 is 6.10 Å². The van der Waals surface area contributed by atoms with Crippen molar-refractivity contribution in [3.8, 4) is 5.75 Å². The van der Waals surface area contributed by atoms with E-state index in [9.17, 15) is 9.18 Å². The van der Waals surface area contributed by atoms with Crippen molar-refractivity contribution < 1.29 is 13.9 Å². The minimum Gasteiger partial charge on any atom is -0.479 e. The maximum atomic E-state index is 13.4. The number of amides is 1. The third kappa shape index (κ3) is 2.67. The Bertz CT molecular complexity index is 718. The fraction of sp³-hybridized carbons (Fsp3) is 0.235. The van der Waals surface area contributed by atoms with E-state index in [2.05, 4.69) is 0 Å².